The molecule has 1 aliphatic rings. The van der Waals surface area contributed by atoms with Gasteiger partial charge in [0.05, 0.1) is 18.1 Å². The molecular formula is C13H19N5O4. The summed E-state index contributed by atoms with van der Waals surface area (Å²) in [7, 11) is 1.44. The van der Waals surface area contributed by atoms with E-state index in [0.717, 1.165) is 0 Å². The van der Waals surface area contributed by atoms with E-state index >= 15 is 0 Å². The highest BCUT2D eigenvalue weighted by atomic mass is 16.6. The number of anilines is 1. The Hall–Kier alpha value is -2.55. The highest BCUT2D eigenvalue weighted by Gasteiger charge is 2.26. The van der Waals surface area contributed by atoms with Gasteiger partial charge in [0.15, 0.2) is 5.96 Å². The van der Waals surface area contributed by atoms with Crippen LogP contribution in [0.4, 0.5) is 17.1 Å². The second-order valence-corrected chi connectivity index (χ2v) is 5.02. The van der Waals surface area contributed by atoms with Gasteiger partial charge in [-0.25, -0.2) is 4.99 Å². The number of guanidine groups is 1. The van der Waals surface area contributed by atoms with Crippen molar-refractivity contribution in [2.45, 2.75) is 18.9 Å². The monoisotopic (exact) mass is 309 g/mol. The van der Waals surface area contributed by atoms with E-state index in [1.165, 1.54) is 13.2 Å². The predicted octanol–water partition coefficient (Wildman–Crippen LogP) is 0.469. The van der Waals surface area contributed by atoms with Crippen LogP contribution in [0.25, 0.3) is 0 Å². The van der Waals surface area contributed by atoms with Gasteiger partial charge in [-0.05, 0) is 12.8 Å². The summed E-state index contributed by atoms with van der Waals surface area (Å²) in [6, 6.07) is 2.84. The molecule has 0 saturated carbocycles. The largest absolute Gasteiger partial charge is 0.494 e. The Bertz CT molecular complexity index is 592. The summed E-state index contributed by atoms with van der Waals surface area (Å²) in [6.45, 7) is 1.07. The number of aliphatic hydroxyl groups excluding tert-OH is 1. The second kappa shape index (κ2) is 6.48. The SMILES string of the molecule is COc1cc(N2CCC(O)CC2)c([N+](=O)[O-])cc1N=C(N)N. The van der Waals surface area contributed by atoms with Crippen LogP contribution < -0.4 is 21.1 Å². The minimum Gasteiger partial charge on any atom is -0.494 e. The number of ether oxygens (including phenoxy) is 1. The zero-order valence-electron chi connectivity index (χ0n) is 12.2. The molecular weight excluding hydrogens is 290 g/mol. The minimum atomic E-state index is -0.481. The first kappa shape index (κ1) is 15.8. The molecule has 5 N–H and O–H groups in total. The summed E-state index contributed by atoms with van der Waals surface area (Å²) in [6.07, 6.45) is 0.766. The summed E-state index contributed by atoms with van der Waals surface area (Å²) in [5.74, 6) is 0.140. The molecule has 0 bridgehead atoms. The van der Waals surface area contributed by atoms with Crippen LogP contribution in [0.5, 0.6) is 5.75 Å². The number of hydrogen-bond donors (Lipinski definition) is 3. The third-order valence-corrected chi connectivity index (χ3v) is 3.53. The first-order valence-electron chi connectivity index (χ1n) is 6.81. The normalized spacial score (nSPS) is 15.5. The number of nitro benzene ring substituents is 1. The molecule has 1 aliphatic heterocycles. The van der Waals surface area contributed by atoms with Crippen molar-refractivity contribution in [3.05, 3.63) is 22.2 Å². The summed E-state index contributed by atoms with van der Waals surface area (Å²) >= 11 is 0. The van der Waals surface area contributed by atoms with Gasteiger partial charge in [-0.3, -0.25) is 10.1 Å². The Morgan fingerprint density at radius 2 is 2.09 bits per heavy atom. The van der Waals surface area contributed by atoms with Crippen molar-refractivity contribution in [3.8, 4) is 5.75 Å². The second-order valence-electron chi connectivity index (χ2n) is 5.02. The van der Waals surface area contributed by atoms with Gasteiger partial charge in [0.2, 0.25) is 0 Å². The van der Waals surface area contributed by atoms with Crippen molar-refractivity contribution in [1.29, 1.82) is 0 Å². The maximum Gasteiger partial charge on any atom is 0.294 e. The summed E-state index contributed by atoms with van der Waals surface area (Å²) in [5, 5.41) is 20.9. The standard InChI is InChI=1S/C13H19N5O4/c1-22-12-7-10(17-4-2-8(19)3-5-17)11(18(20)21)6-9(12)16-13(14)15/h6-8,19H,2-5H2,1H3,(H4,14,15,16). The average molecular weight is 309 g/mol. The number of rotatable bonds is 4. The molecule has 1 saturated heterocycles. The van der Waals surface area contributed by atoms with Crippen molar-refractivity contribution in [3.63, 3.8) is 0 Å². The molecule has 2 rings (SSSR count). The first-order chi connectivity index (χ1) is 10.4. The number of aliphatic hydroxyl groups is 1. The lowest BCUT2D eigenvalue weighted by molar-refractivity contribution is -0.384. The lowest BCUT2D eigenvalue weighted by Gasteiger charge is -2.31. The van der Waals surface area contributed by atoms with Crippen LogP contribution >= 0.6 is 0 Å². The van der Waals surface area contributed by atoms with Crippen molar-refractivity contribution in [2.24, 2.45) is 16.5 Å². The number of nitro groups is 1. The van der Waals surface area contributed by atoms with E-state index in [0.29, 0.717) is 37.4 Å². The van der Waals surface area contributed by atoms with Gasteiger partial charge in [0.1, 0.15) is 17.1 Å². The van der Waals surface area contributed by atoms with Gasteiger partial charge in [0.25, 0.3) is 5.69 Å². The number of nitrogens with zero attached hydrogens (tertiary/aromatic N) is 3. The van der Waals surface area contributed by atoms with Gasteiger partial charge in [-0.15, -0.1) is 0 Å². The van der Waals surface area contributed by atoms with E-state index in [1.807, 2.05) is 4.90 Å². The van der Waals surface area contributed by atoms with Gasteiger partial charge in [-0.1, -0.05) is 0 Å². The van der Waals surface area contributed by atoms with E-state index < -0.39 is 4.92 Å². The van der Waals surface area contributed by atoms with Gasteiger partial charge >= 0.3 is 0 Å². The van der Waals surface area contributed by atoms with Gasteiger partial charge in [-0.2, -0.15) is 0 Å². The number of piperidine rings is 1. The van der Waals surface area contributed by atoms with Crippen LogP contribution in [0.15, 0.2) is 17.1 Å². The average Bonchev–Trinajstić information content (AvgIpc) is 2.47. The minimum absolute atomic E-state index is 0.0998. The fraction of sp³-hybridized carbons (Fsp3) is 0.462. The van der Waals surface area contributed by atoms with Crippen LogP contribution in [-0.2, 0) is 0 Å². The Morgan fingerprint density at radius 1 is 1.45 bits per heavy atom. The maximum atomic E-state index is 11.3. The first-order valence-corrected chi connectivity index (χ1v) is 6.81. The smallest absolute Gasteiger partial charge is 0.294 e. The molecule has 0 atom stereocenters. The molecule has 1 aromatic rings. The third kappa shape index (κ3) is 3.37. The van der Waals surface area contributed by atoms with Crippen molar-refractivity contribution in [2.75, 3.05) is 25.1 Å². The van der Waals surface area contributed by atoms with Gasteiger partial charge in [0, 0.05) is 25.2 Å². The van der Waals surface area contributed by atoms with Crippen LogP contribution in [0.3, 0.4) is 0 Å². The molecule has 0 unspecified atom stereocenters. The quantitative estimate of drug-likeness (QED) is 0.318. The van der Waals surface area contributed by atoms with Crippen LogP contribution in [-0.4, -0.2) is 42.3 Å². The topological polar surface area (TPSA) is 140 Å². The highest BCUT2D eigenvalue weighted by Crippen LogP contribution is 2.40. The zero-order chi connectivity index (χ0) is 16.3. The van der Waals surface area contributed by atoms with Crippen LogP contribution in [0.1, 0.15) is 12.8 Å². The Morgan fingerprint density at radius 3 is 2.59 bits per heavy atom. The van der Waals surface area contributed by atoms with Crippen molar-refractivity contribution >= 4 is 23.0 Å². The number of hydrogen-bond acceptors (Lipinski definition) is 6. The molecule has 0 aromatic heterocycles. The molecule has 0 aliphatic carbocycles. The summed E-state index contributed by atoms with van der Waals surface area (Å²) < 4.78 is 5.22. The fourth-order valence-electron chi connectivity index (χ4n) is 2.44. The third-order valence-electron chi connectivity index (χ3n) is 3.53. The number of methoxy groups -OCH3 is 1. The zero-order valence-corrected chi connectivity index (χ0v) is 12.2. The number of nitrogens with two attached hydrogens (primary N) is 2. The van der Waals surface area contributed by atoms with Crippen molar-refractivity contribution in [1.82, 2.24) is 0 Å². The molecule has 0 spiro atoms. The van der Waals surface area contributed by atoms with Crippen LogP contribution in [0, 0.1) is 10.1 Å². The van der Waals surface area contributed by atoms with E-state index in [-0.39, 0.29) is 23.4 Å². The molecule has 1 heterocycles. The molecule has 1 aromatic carbocycles. The Labute approximate surface area is 127 Å². The van der Waals surface area contributed by atoms with Crippen LogP contribution in [0.2, 0.25) is 0 Å². The molecule has 9 nitrogen and oxygen atoms in total. The van der Waals surface area contributed by atoms with E-state index in [4.69, 9.17) is 16.2 Å². The summed E-state index contributed by atoms with van der Waals surface area (Å²) in [5.41, 5.74) is 11.2. The molecule has 9 heteroatoms. The number of benzene rings is 1. The van der Waals surface area contributed by atoms with E-state index in [2.05, 4.69) is 4.99 Å². The van der Waals surface area contributed by atoms with Crippen molar-refractivity contribution < 1.29 is 14.8 Å². The summed E-state index contributed by atoms with van der Waals surface area (Å²) in [4.78, 5) is 16.6. The molecule has 0 radical (unpaired) electrons. The van der Waals surface area contributed by atoms with E-state index in [9.17, 15) is 15.2 Å². The Balaban J connectivity index is 2.48. The molecule has 22 heavy (non-hydrogen) atoms. The highest BCUT2D eigenvalue weighted by molar-refractivity contribution is 5.82. The van der Waals surface area contributed by atoms with Gasteiger partial charge < -0.3 is 26.2 Å². The lowest BCUT2D eigenvalue weighted by atomic mass is 10.1. The maximum absolute atomic E-state index is 11.3. The predicted molar refractivity (Wildman–Crippen MR) is 82.6 cm³/mol. The molecule has 120 valence electrons. The molecule has 0 amide bonds. The van der Waals surface area contributed by atoms with E-state index in [1.54, 1.807) is 6.07 Å². The number of aliphatic imine (C=N–C) groups is 1. The Kier molecular flexibility index (Phi) is 4.66. The lowest BCUT2D eigenvalue weighted by Crippen LogP contribution is -2.36. The molecule has 1 fully saturated rings. The fourth-order valence-corrected chi connectivity index (χ4v) is 2.44.